The van der Waals surface area contributed by atoms with Crippen molar-refractivity contribution in [3.05, 3.63) is 53.2 Å². The molecule has 0 fully saturated rings. The Balaban J connectivity index is 2.13. The van der Waals surface area contributed by atoms with Gasteiger partial charge in [-0.3, -0.25) is 5.10 Å². The van der Waals surface area contributed by atoms with Crippen LogP contribution >= 0.6 is 11.6 Å². The van der Waals surface area contributed by atoms with E-state index in [9.17, 15) is 13.2 Å². The minimum absolute atomic E-state index is 0.369. The summed E-state index contributed by atoms with van der Waals surface area (Å²) in [4.78, 5) is 0. The van der Waals surface area contributed by atoms with Gasteiger partial charge in [0.25, 0.3) is 0 Å². The van der Waals surface area contributed by atoms with Gasteiger partial charge in [-0.2, -0.15) is 18.3 Å². The van der Waals surface area contributed by atoms with Crippen LogP contribution in [0.15, 0.2) is 42.5 Å². The van der Waals surface area contributed by atoms with Crippen molar-refractivity contribution < 1.29 is 13.2 Å². The molecule has 0 spiro atoms. The molecule has 0 bridgehead atoms. The van der Waals surface area contributed by atoms with E-state index in [-0.39, 0.29) is 0 Å². The largest absolute Gasteiger partial charge is 0.416 e. The SMILES string of the molecule is FC(F)(F)c1cccc(-c2ccc3n[nH]c(Cl)c3c2)c1. The van der Waals surface area contributed by atoms with Crippen LogP contribution in [0, 0.1) is 0 Å². The Morgan fingerprint density at radius 2 is 1.75 bits per heavy atom. The Morgan fingerprint density at radius 3 is 2.50 bits per heavy atom. The lowest BCUT2D eigenvalue weighted by Crippen LogP contribution is -2.04. The highest BCUT2D eigenvalue weighted by Gasteiger charge is 2.30. The molecule has 0 aliphatic rings. The second kappa shape index (κ2) is 4.52. The number of aromatic amines is 1. The average Bonchev–Trinajstić information content (AvgIpc) is 2.79. The van der Waals surface area contributed by atoms with Gasteiger partial charge in [0.1, 0.15) is 5.15 Å². The molecule has 2 nitrogen and oxygen atoms in total. The van der Waals surface area contributed by atoms with Crippen LogP contribution < -0.4 is 0 Å². The highest BCUT2D eigenvalue weighted by Crippen LogP contribution is 2.33. The van der Waals surface area contributed by atoms with Gasteiger partial charge in [0, 0.05) is 5.39 Å². The van der Waals surface area contributed by atoms with Crippen molar-refractivity contribution in [3.63, 3.8) is 0 Å². The van der Waals surface area contributed by atoms with E-state index in [2.05, 4.69) is 10.2 Å². The lowest BCUT2D eigenvalue weighted by molar-refractivity contribution is -0.137. The molecule has 20 heavy (non-hydrogen) atoms. The smallest absolute Gasteiger partial charge is 0.266 e. The molecule has 2 aromatic carbocycles. The third-order valence-corrected chi connectivity index (χ3v) is 3.32. The molecule has 0 radical (unpaired) electrons. The number of nitrogens with one attached hydrogen (secondary N) is 1. The van der Waals surface area contributed by atoms with Crippen molar-refractivity contribution in [1.29, 1.82) is 0 Å². The second-order valence-electron chi connectivity index (χ2n) is 4.35. The van der Waals surface area contributed by atoms with Crippen molar-refractivity contribution in [1.82, 2.24) is 10.2 Å². The predicted molar refractivity (Wildman–Crippen MR) is 71.5 cm³/mol. The molecule has 1 aromatic heterocycles. The second-order valence-corrected chi connectivity index (χ2v) is 4.73. The minimum Gasteiger partial charge on any atom is -0.266 e. The summed E-state index contributed by atoms with van der Waals surface area (Å²) in [5.41, 5.74) is 1.14. The Bertz CT molecular complexity index is 777. The number of benzene rings is 2. The lowest BCUT2D eigenvalue weighted by atomic mass is 10.0. The van der Waals surface area contributed by atoms with Crippen LogP contribution in [0.5, 0.6) is 0 Å². The van der Waals surface area contributed by atoms with E-state index in [0.29, 0.717) is 27.2 Å². The van der Waals surface area contributed by atoms with Crippen LogP contribution in [0.1, 0.15) is 5.56 Å². The molecule has 3 aromatic rings. The summed E-state index contributed by atoms with van der Waals surface area (Å²) in [5, 5.41) is 7.65. The first kappa shape index (κ1) is 13.0. The van der Waals surface area contributed by atoms with Gasteiger partial charge in [0.05, 0.1) is 11.1 Å². The molecule has 0 amide bonds. The number of fused-ring (bicyclic) bond motifs is 1. The van der Waals surface area contributed by atoms with Crippen LogP contribution in [0.25, 0.3) is 22.0 Å². The number of hydrogen-bond acceptors (Lipinski definition) is 1. The van der Waals surface area contributed by atoms with Crippen molar-refractivity contribution in [3.8, 4) is 11.1 Å². The number of hydrogen-bond donors (Lipinski definition) is 1. The number of H-pyrrole nitrogens is 1. The van der Waals surface area contributed by atoms with Gasteiger partial charge >= 0.3 is 6.18 Å². The fraction of sp³-hybridized carbons (Fsp3) is 0.0714. The van der Waals surface area contributed by atoms with Gasteiger partial charge in [-0.25, -0.2) is 0 Å². The Morgan fingerprint density at radius 1 is 1.00 bits per heavy atom. The summed E-state index contributed by atoms with van der Waals surface area (Å²) in [7, 11) is 0. The van der Waals surface area contributed by atoms with Crippen LogP contribution in [0.2, 0.25) is 5.15 Å². The molecule has 0 atom stereocenters. The highest BCUT2D eigenvalue weighted by atomic mass is 35.5. The van der Waals surface area contributed by atoms with Gasteiger partial charge in [-0.05, 0) is 35.4 Å². The van der Waals surface area contributed by atoms with E-state index in [4.69, 9.17) is 11.6 Å². The van der Waals surface area contributed by atoms with E-state index in [1.807, 2.05) is 0 Å². The molecule has 0 saturated heterocycles. The zero-order chi connectivity index (χ0) is 14.3. The molecule has 0 aliphatic heterocycles. The summed E-state index contributed by atoms with van der Waals surface area (Å²) < 4.78 is 38.1. The first-order valence-corrected chi connectivity index (χ1v) is 6.14. The maximum atomic E-state index is 12.7. The van der Waals surface area contributed by atoms with Gasteiger partial charge in [-0.15, -0.1) is 0 Å². The van der Waals surface area contributed by atoms with Crippen molar-refractivity contribution in [2.75, 3.05) is 0 Å². The highest BCUT2D eigenvalue weighted by molar-refractivity contribution is 6.34. The molecule has 102 valence electrons. The summed E-state index contributed by atoms with van der Waals surface area (Å²) >= 11 is 5.94. The quantitative estimate of drug-likeness (QED) is 0.679. The molecule has 1 N–H and O–H groups in total. The maximum Gasteiger partial charge on any atom is 0.416 e. The van der Waals surface area contributed by atoms with E-state index >= 15 is 0 Å². The average molecular weight is 297 g/mol. The van der Waals surface area contributed by atoms with Gasteiger partial charge in [0.2, 0.25) is 0 Å². The Labute approximate surface area is 117 Å². The molecular formula is C14H8ClF3N2. The van der Waals surface area contributed by atoms with Gasteiger partial charge in [-0.1, -0.05) is 29.8 Å². The van der Waals surface area contributed by atoms with Gasteiger partial charge < -0.3 is 0 Å². The first-order chi connectivity index (χ1) is 9.45. The van der Waals surface area contributed by atoms with Crippen LogP contribution in [0.4, 0.5) is 13.2 Å². The Hall–Kier alpha value is -2.01. The normalized spacial score (nSPS) is 12.0. The zero-order valence-electron chi connectivity index (χ0n) is 10.0. The van der Waals surface area contributed by atoms with Crippen molar-refractivity contribution >= 4 is 22.5 Å². The van der Waals surface area contributed by atoms with Gasteiger partial charge in [0.15, 0.2) is 0 Å². The summed E-state index contributed by atoms with van der Waals surface area (Å²) in [6.07, 6.45) is -4.35. The molecule has 0 aliphatic carbocycles. The molecule has 6 heteroatoms. The van der Waals surface area contributed by atoms with Crippen LogP contribution in [-0.4, -0.2) is 10.2 Å². The zero-order valence-corrected chi connectivity index (χ0v) is 10.8. The standard InChI is InChI=1S/C14H8ClF3N2/c15-13-11-7-9(4-5-12(11)19-20-13)8-2-1-3-10(6-8)14(16,17)18/h1-7H,(H,19,20). The fourth-order valence-electron chi connectivity index (χ4n) is 2.03. The molecule has 3 rings (SSSR count). The number of nitrogens with zero attached hydrogens (tertiary/aromatic N) is 1. The summed E-state index contributed by atoms with van der Waals surface area (Å²) in [5.74, 6) is 0. The monoisotopic (exact) mass is 296 g/mol. The lowest BCUT2D eigenvalue weighted by Gasteiger charge is -2.09. The third kappa shape index (κ3) is 2.25. The Kier molecular flexibility index (Phi) is 2.94. The van der Waals surface area contributed by atoms with Crippen LogP contribution in [0.3, 0.4) is 0 Å². The topological polar surface area (TPSA) is 28.7 Å². The van der Waals surface area contributed by atoms with E-state index in [1.165, 1.54) is 6.07 Å². The molecular weight excluding hydrogens is 289 g/mol. The molecule has 0 unspecified atom stereocenters. The number of alkyl halides is 3. The van der Waals surface area contributed by atoms with E-state index in [0.717, 1.165) is 12.1 Å². The molecule has 1 heterocycles. The van der Waals surface area contributed by atoms with E-state index in [1.54, 1.807) is 24.3 Å². The van der Waals surface area contributed by atoms with Crippen LogP contribution in [-0.2, 0) is 6.18 Å². The predicted octanol–water partition coefficient (Wildman–Crippen LogP) is 4.90. The third-order valence-electron chi connectivity index (χ3n) is 3.03. The maximum absolute atomic E-state index is 12.7. The van der Waals surface area contributed by atoms with Crippen molar-refractivity contribution in [2.45, 2.75) is 6.18 Å². The fourth-order valence-corrected chi connectivity index (χ4v) is 2.23. The molecule has 0 saturated carbocycles. The first-order valence-electron chi connectivity index (χ1n) is 5.76. The number of aromatic nitrogens is 2. The summed E-state index contributed by atoms with van der Waals surface area (Å²) in [6, 6.07) is 10.3. The number of rotatable bonds is 1. The minimum atomic E-state index is -4.35. The van der Waals surface area contributed by atoms with Crippen molar-refractivity contribution in [2.24, 2.45) is 0 Å². The van der Waals surface area contributed by atoms with E-state index < -0.39 is 11.7 Å². The summed E-state index contributed by atoms with van der Waals surface area (Å²) in [6.45, 7) is 0. The number of halogens is 4.